The van der Waals surface area contributed by atoms with Crippen molar-refractivity contribution in [1.29, 1.82) is 0 Å². The molecule has 0 spiro atoms. The standard InChI is InChI=1S/C21H24FN5O3/c22-16-1-2-17-18(9-16)23-13-27(21(17)28)10-14-3-6-26(7-4-14)11-19-24-25-20(30-19)15-5-8-29-12-15/h1-2,9,13-15H,3-8,10-12H2. The van der Waals surface area contributed by atoms with E-state index in [-0.39, 0.29) is 17.3 Å². The van der Waals surface area contributed by atoms with Crippen molar-refractivity contribution < 1.29 is 13.5 Å². The van der Waals surface area contributed by atoms with Gasteiger partial charge in [-0.15, -0.1) is 10.2 Å². The number of rotatable bonds is 5. The number of ether oxygens (including phenoxy) is 1. The van der Waals surface area contributed by atoms with Gasteiger partial charge in [0.1, 0.15) is 5.82 Å². The Balaban J connectivity index is 1.17. The third kappa shape index (κ3) is 3.99. The summed E-state index contributed by atoms with van der Waals surface area (Å²) in [5.74, 6) is 1.57. The molecule has 30 heavy (non-hydrogen) atoms. The molecular formula is C21H24FN5O3. The minimum Gasteiger partial charge on any atom is -0.423 e. The van der Waals surface area contributed by atoms with Crippen molar-refractivity contribution in [3.63, 3.8) is 0 Å². The van der Waals surface area contributed by atoms with E-state index in [2.05, 4.69) is 20.1 Å². The van der Waals surface area contributed by atoms with Crippen molar-refractivity contribution >= 4 is 10.9 Å². The number of aromatic nitrogens is 4. The van der Waals surface area contributed by atoms with Gasteiger partial charge in [-0.3, -0.25) is 14.3 Å². The fraction of sp³-hybridized carbons (Fsp3) is 0.524. The smallest absolute Gasteiger partial charge is 0.261 e. The highest BCUT2D eigenvalue weighted by Gasteiger charge is 2.25. The molecule has 0 amide bonds. The van der Waals surface area contributed by atoms with Gasteiger partial charge in [0.15, 0.2) is 0 Å². The maximum atomic E-state index is 13.3. The van der Waals surface area contributed by atoms with Crippen LogP contribution in [-0.4, -0.2) is 51.0 Å². The molecular weight excluding hydrogens is 389 g/mol. The summed E-state index contributed by atoms with van der Waals surface area (Å²) in [6.07, 6.45) is 4.42. The third-order valence-corrected chi connectivity index (χ3v) is 6.07. The van der Waals surface area contributed by atoms with Crippen LogP contribution >= 0.6 is 0 Å². The summed E-state index contributed by atoms with van der Waals surface area (Å²) >= 11 is 0. The summed E-state index contributed by atoms with van der Waals surface area (Å²) in [6, 6.07) is 4.11. The molecule has 0 saturated carbocycles. The molecule has 2 aromatic heterocycles. The van der Waals surface area contributed by atoms with Crippen LogP contribution in [0.25, 0.3) is 10.9 Å². The highest BCUT2D eigenvalue weighted by atomic mass is 19.1. The van der Waals surface area contributed by atoms with Gasteiger partial charge in [0, 0.05) is 19.2 Å². The fourth-order valence-electron chi connectivity index (χ4n) is 4.28. The first-order chi connectivity index (χ1) is 14.7. The molecule has 2 fully saturated rings. The van der Waals surface area contributed by atoms with Gasteiger partial charge in [0.2, 0.25) is 11.8 Å². The van der Waals surface area contributed by atoms with E-state index in [0.29, 0.717) is 48.3 Å². The molecule has 158 valence electrons. The Kier molecular flexibility index (Phi) is 5.30. The van der Waals surface area contributed by atoms with Gasteiger partial charge in [-0.1, -0.05) is 0 Å². The van der Waals surface area contributed by atoms with Crippen molar-refractivity contribution in [2.45, 2.75) is 38.3 Å². The first-order valence-electron chi connectivity index (χ1n) is 10.4. The predicted molar refractivity (Wildman–Crippen MR) is 106 cm³/mol. The molecule has 0 N–H and O–H groups in total. The Hall–Kier alpha value is -2.65. The molecule has 2 saturated heterocycles. The van der Waals surface area contributed by atoms with Gasteiger partial charge in [0.05, 0.1) is 36.3 Å². The topological polar surface area (TPSA) is 86.3 Å². The number of benzene rings is 1. The largest absolute Gasteiger partial charge is 0.423 e. The van der Waals surface area contributed by atoms with Crippen LogP contribution in [0.15, 0.2) is 33.7 Å². The number of fused-ring (bicyclic) bond motifs is 1. The molecule has 0 bridgehead atoms. The van der Waals surface area contributed by atoms with Crippen LogP contribution in [0, 0.1) is 11.7 Å². The van der Waals surface area contributed by atoms with Crippen LogP contribution < -0.4 is 5.56 Å². The summed E-state index contributed by atoms with van der Waals surface area (Å²) in [5, 5.41) is 8.83. The van der Waals surface area contributed by atoms with E-state index < -0.39 is 0 Å². The zero-order chi connectivity index (χ0) is 20.5. The minimum atomic E-state index is -0.385. The Labute approximate surface area is 172 Å². The molecule has 3 aromatic rings. The maximum Gasteiger partial charge on any atom is 0.261 e. The quantitative estimate of drug-likeness (QED) is 0.635. The Morgan fingerprint density at radius 2 is 2.03 bits per heavy atom. The van der Waals surface area contributed by atoms with Crippen molar-refractivity contribution in [2.75, 3.05) is 26.3 Å². The van der Waals surface area contributed by atoms with Crippen molar-refractivity contribution in [1.82, 2.24) is 24.6 Å². The number of likely N-dealkylation sites (tertiary alicyclic amines) is 1. The summed E-state index contributed by atoms with van der Waals surface area (Å²) in [5.41, 5.74) is 0.283. The Morgan fingerprint density at radius 1 is 1.17 bits per heavy atom. The zero-order valence-electron chi connectivity index (χ0n) is 16.7. The summed E-state index contributed by atoms with van der Waals surface area (Å²) in [7, 11) is 0. The molecule has 1 atom stereocenters. The average molecular weight is 413 g/mol. The Bertz CT molecular complexity index is 1080. The fourth-order valence-corrected chi connectivity index (χ4v) is 4.28. The van der Waals surface area contributed by atoms with E-state index in [4.69, 9.17) is 9.15 Å². The third-order valence-electron chi connectivity index (χ3n) is 6.07. The van der Waals surface area contributed by atoms with Crippen LogP contribution in [0.1, 0.15) is 37.0 Å². The maximum absolute atomic E-state index is 13.3. The average Bonchev–Trinajstić information content (AvgIpc) is 3.43. The van der Waals surface area contributed by atoms with E-state index in [9.17, 15) is 9.18 Å². The van der Waals surface area contributed by atoms with Gasteiger partial charge < -0.3 is 9.15 Å². The molecule has 2 aliphatic heterocycles. The zero-order valence-corrected chi connectivity index (χ0v) is 16.7. The SMILES string of the molecule is O=c1c2ccc(F)cc2ncn1CC1CCN(Cc2nnc(C3CCOC3)o2)CC1. The summed E-state index contributed by atoms with van der Waals surface area (Å²) < 4.78 is 26.2. The van der Waals surface area contributed by atoms with Crippen molar-refractivity contribution in [3.05, 3.63) is 52.5 Å². The number of hydrogen-bond donors (Lipinski definition) is 0. The lowest BCUT2D eigenvalue weighted by Gasteiger charge is -2.31. The van der Waals surface area contributed by atoms with Crippen molar-refractivity contribution in [3.8, 4) is 0 Å². The van der Waals surface area contributed by atoms with E-state index in [0.717, 1.165) is 39.0 Å². The second-order valence-corrected chi connectivity index (χ2v) is 8.18. The number of hydrogen-bond acceptors (Lipinski definition) is 7. The van der Waals surface area contributed by atoms with Gasteiger partial charge >= 0.3 is 0 Å². The molecule has 1 unspecified atom stereocenters. The van der Waals surface area contributed by atoms with E-state index >= 15 is 0 Å². The number of halogens is 1. The van der Waals surface area contributed by atoms with Gasteiger partial charge in [-0.05, 0) is 50.4 Å². The molecule has 9 heteroatoms. The van der Waals surface area contributed by atoms with Crippen LogP contribution in [0.2, 0.25) is 0 Å². The van der Waals surface area contributed by atoms with Gasteiger partial charge in [-0.25, -0.2) is 9.37 Å². The van der Waals surface area contributed by atoms with E-state index in [1.165, 1.54) is 24.5 Å². The second-order valence-electron chi connectivity index (χ2n) is 8.18. The lowest BCUT2D eigenvalue weighted by atomic mass is 9.96. The molecule has 0 aliphatic carbocycles. The molecule has 0 radical (unpaired) electrons. The van der Waals surface area contributed by atoms with E-state index in [1.54, 1.807) is 4.57 Å². The molecule has 4 heterocycles. The second kappa shape index (κ2) is 8.23. The van der Waals surface area contributed by atoms with Crippen LogP contribution in [0.3, 0.4) is 0 Å². The summed E-state index contributed by atoms with van der Waals surface area (Å²) in [6.45, 7) is 4.51. The molecule has 8 nitrogen and oxygen atoms in total. The van der Waals surface area contributed by atoms with Gasteiger partial charge in [-0.2, -0.15) is 0 Å². The Morgan fingerprint density at radius 3 is 2.83 bits per heavy atom. The number of piperidine rings is 1. The lowest BCUT2D eigenvalue weighted by molar-refractivity contribution is 0.152. The normalized spacial score (nSPS) is 20.9. The summed E-state index contributed by atoms with van der Waals surface area (Å²) in [4.78, 5) is 19.2. The first kappa shape index (κ1) is 19.3. The number of nitrogens with zero attached hydrogens (tertiary/aromatic N) is 5. The molecule has 1 aromatic carbocycles. The highest BCUT2D eigenvalue weighted by Crippen LogP contribution is 2.25. The predicted octanol–water partition coefficient (Wildman–Crippen LogP) is 2.33. The molecule has 2 aliphatic rings. The monoisotopic (exact) mass is 413 g/mol. The first-order valence-corrected chi connectivity index (χ1v) is 10.4. The van der Waals surface area contributed by atoms with Gasteiger partial charge in [0.25, 0.3) is 5.56 Å². The minimum absolute atomic E-state index is 0.114. The van der Waals surface area contributed by atoms with E-state index in [1.807, 2.05) is 0 Å². The molecule has 5 rings (SSSR count). The highest BCUT2D eigenvalue weighted by molar-refractivity contribution is 5.77. The van der Waals surface area contributed by atoms with Crippen LogP contribution in [-0.2, 0) is 17.8 Å². The van der Waals surface area contributed by atoms with Crippen LogP contribution in [0.4, 0.5) is 4.39 Å². The van der Waals surface area contributed by atoms with Crippen molar-refractivity contribution in [2.24, 2.45) is 5.92 Å². The lowest BCUT2D eigenvalue weighted by Crippen LogP contribution is -2.36. The van der Waals surface area contributed by atoms with Crippen LogP contribution in [0.5, 0.6) is 0 Å².